The van der Waals surface area contributed by atoms with Gasteiger partial charge in [-0.1, -0.05) is 18.2 Å². The van der Waals surface area contributed by atoms with E-state index in [-0.39, 0.29) is 24.7 Å². The first-order valence-electron chi connectivity index (χ1n) is 11.1. The summed E-state index contributed by atoms with van der Waals surface area (Å²) in [6.45, 7) is 2.57. The predicted octanol–water partition coefficient (Wildman–Crippen LogP) is 1.10. The number of aryl methyl sites for hydroxylation is 1. The maximum absolute atomic E-state index is 15.0. The number of halogens is 1. The molecule has 174 valence electrons. The van der Waals surface area contributed by atoms with Gasteiger partial charge in [0.05, 0.1) is 17.4 Å². The first-order valence-corrected chi connectivity index (χ1v) is 11.1. The average Bonchev–Trinajstić information content (AvgIpc) is 3.58. The molecule has 3 aromatic rings. The van der Waals surface area contributed by atoms with E-state index < -0.39 is 29.4 Å². The van der Waals surface area contributed by atoms with Gasteiger partial charge in [-0.25, -0.2) is 14.2 Å². The summed E-state index contributed by atoms with van der Waals surface area (Å²) in [7, 11) is 0. The molecule has 0 bridgehead atoms. The molecule has 1 aliphatic carbocycles. The number of nitrogens with two attached hydrogens (primary N) is 2. The summed E-state index contributed by atoms with van der Waals surface area (Å²) in [5.74, 6) is 5.98. The first-order chi connectivity index (χ1) is 15.9. The lowest BCUT2D eigenvalue weighted by Crippen LogP contribution is -2.45. The van der Waals surface area contributed by atoms with Gasteiger partial charge in [0.15, 0.2) is 5.52 Å². The molecule has 3 heterocycles. The number of rotatable bonds is 6. The third kappa shape index (κ3) is 3.74. The summed E-state index contributed by atoms with van der Waals surface area (Å²) in [5, 5.41) is 0. The molecule has 1 saturated carbocycles. The fourth-order valence-corrected chi connectivity index (χ4v) is 4.66. The van der Waals surface area contributed by atoms with Crippen LogP contribution in [0.25, 0.3) is 11.0 Å². The minimum atomic E-state index is -1.14. The molecule has 1 saturated heterocycles. The van der Waals surface area contributed by atoms with Crippen molar-refractivity contribution >= 4 is 16.7 Å². The number of anilines is 1. The van der Waals surface area contributed by atoms with Crippen LogP contribution in [0.15, 0.2) is 46.1 Å². The number of fused-ring (bicyclic) bond motifs is 1. The van der Waals surface area contributed by atoms with Gasteiger partial charge in [-0.05, 0) is 31.9 Å². The summed E-state index contributed by atoms with van der Waals surface area (Å²) in [5.41, 5.74) is 7.13. The maximum atomic E-state index is 15.0. The van der Waals surface area contributed by atoms with Crippen LogP contribution < -0.4 is 32.5 Å². The van der Waals surface area contributed by atoms with Crippen molar-refractivity contribution in [2.75, 3.05) is 30.4 Å². The third-order valence-electron chi connectivity index (χ3n) is 6.63. The van der Waals surface area contributed by atoms with E-state index in [1.807, 2.05) is 42.2 Å². The van der Waals surface area contributed by atoms with Crippen molar-refractivity contribution in [2.24, 2.45) is 11.7 Å². The molecule has 0 amide bonds. The second kappa shape index (κ2) is 8.18. The minimum Gasteiger partial charge on any atom is -0.492 e. The van der Waals surface area contributed by atoms with Crippen LogP contribution in [0.3, 0.4) is 0 Å². The summed E-state index contributed by atoms with van der Waals surface area (Å²) >= 11 is 0. The maximum Gasteiger partial charge on any atom is 0.350 e. The second-order valence-corrected chi connectivity index (χ2v) is 8.90. The van der Waals surface area contributed by atoms with E-state index in [1.165, 1.54) is 0 Å². The Labute approximate surface area is 189 Å². The third-order valence-corrected chi connectivity index (χ3v) is 6.63. The fraction of sp³-hybridized carbons (Fsp3) is 0.435. The lowest BCUT2D eigenvalue weighted by molar-refractivity contribution is 0.196. The Morgan fingerprint density at radius 1 is 1.21 bits per heavy atom. The minimum absolute atomic E-state index is 0.00467. The Morgan fingerprint density at radius 3 is 2.64 bits per heavy atom. The Morgan fingerprint density at radius 2 is 1.94 bits per heavy atom. The highest BCUT2D eigenvalue weighted by atomic mass is 19.1. The molecule has 3 atom stereocenters. The number of ether oxygens (including phenoxy) is 1. The Bertz CT molecular complexity index is 1300. The van der Waals surface area contributed by atoms with Crippen molar-refractivity contribution in [2.45, 2.75) is 38.0 Å². The summed E-state index contributed by atoms with van der Waals surface area (Å²) in [4.78, 5) is 31.5. The Balaban J connectivity index is 1.43. The van der Waals surface area contributed by atoms with Gasteiger partial charge in [-0.15, -0.1) is 0 Å². The fourth-order valence-electron chi connectivity index (χ4n) is 4.66. The summed E-state index contributed by atoms with van der Waals surface area (Å²) < 4.78 is 22.9. The van der Waals surface area contributed by atoms with Crippen molar-refractivity contribution in [1.29, 1.82) is 0 Å². The summed E-state index contributed by atoms with van der Waals surface area (Å²) in [6, 6.07) is 8.80. The van der Waals surface area contributed by atoms with E-state index >= 15 is 4.39 Å². The Hall–Kier alpha value is -3.40. The van der Waals surface area contributed by atoms with Crippen LogP contribution in [0.2, 0.25) is 0 Å². The first kappa shape index (κ1) is 21.4. The van der Waals surface area contributed by atoms with Crippen LogP contribution in [0.1, 0.15) is 24.4 Å². The van der Waals surface area contributed by atoms with E-state index in [0.717, 1.165) is 12.8 Å². The van der Waals surface area contributed by atoms with E-state index in [4.69, 9.17) is 16.3 Å². The van der Waals surface area contributed by atoms with Crippen LogP contribution in [0.5, 0.6) is 5.75 Å². The zero-order valence-electron chi connectivity index (χ0n) is 18.4. The van der Waals surface area contributed by atoms with E-state index in [9.17, 15) is 9.59 Å². The molecular formula is C23H27FN6O3. The number of nitrogen functional groups attached to an aromatic ring is 1. The second-order valence-electron chi connectivity index (χ2n) is 8.90. The molecule has 2 aliphatic rings. The largest absolute Gasteiger partial charge is 0.492 e. The van der Waals surface area contributed by atoms with Crippen LogP contribution in [0.4, 0.5) is 10.1 Å². The monoisotopic (exact) mass is 454 g/mol. The van der Waals surface area contributed by atoms with E-state index in [0.29, 0.717) is 33.7 Å². The molecule has 2 aromatic heterocycles. The van der Waals surface area contributed by atoms with Gasteiger partial charge in [0.2, 0.25) is 0 Å². The molecule has 4 N–H and O–H groups in total. The quantitative estimate of drug-likeness (QED) is 0.535. The van der Waals surface area contributed by atoms with Crippen molar-refractivity contribution in [3.8, 4) is 5.75 Å². The molecule has 0 spiro atoms. The Kier molecular flexibility index (Phi) is 5.32. The van der Waals surface area contributed by atoms with Gasteiger partial charge in [0.1, 0.15) is 18.5 Å². The zero-order chi connectivity index (χ0) is 23.3. The number of benzene rings is 1. The van der Waals surface area contributed by atoms with Gasteiger partial charge in [-0.2, -0.15) is 4.68 Å². The van der Waals surface area contributed by atoms with Crippen LogP contribution in [0, 0.1) is 12.8 Å². The number of nitrogens with zero attached hydrogens (tertiary/aromatic N) is 4. The molecule has 9 nitrogen and oxygen atoms in total. The number of para-hydroxylation sites is 1. The van der Waals surface area contributed by atoms with E-state index in [1.54, 1.807) is 10.8 Å². The number of hydrogen-bond donors (Lipinski definition) is 2. The number of aromatic nitrogens is 3. The van der Waals surface area contributed by atoms with Crippen LogP contribution >= 0.6 is 0 Å². The molecule has 1 aromatic carbocycles. The van der Waals surface area contributed by atoms with Crippen LogP contribution in [-0.2, 0) is 0 Å². The van der Waals surface area contributed by atoms with Crippen molar-refractivity contribution in [3.05, 3.63) is 62.9 Å². The average molecular weight is 455 g/mol. The van der Waals surface area contributed by atoms with Crippen molar-refractivity contribution < 1.29 is 9.13 Å². The summed E-state index contributed by atoms with van der Waals surface area (Å²) in [6.07, 6.45) is 2.09. The molecule has 0 radical (unpaired) electrons. The normalized spacial score (nSPS) is 21.5. The predicted molar refractivity (Wildman–Crippen MR) is 124 cm³/mol. The lowest BCUT2D eigenvalue weighted by Gasteiger charge is -2.24. The zero-order valence-corrected chi connectivity index (χ0v) is 18.4. The highest BCUT2D eigenvalue weighted by Crippen LogP contribution is 2.38. The highest BCUT2D eigenvalue weighted by Gasteiger charge is 2.38. The SMILES string of the molecule is Cc1c(N2CC(F)C(C(N)COc3ccccc3)C2)cnc2c(=O)n(N)c(=O)n(C3CC3)c12. The molecule has 33 heavy (non-hydrogen) atoms. The van der Waals surface area contributed by atoms with Gasteiger partial charge >= 0.3 is 11.2 Å². The standard InChI is InChI=1S/C23H27FN6O3/c1-13-19(9-27-20-21(13)29(14-7-8-14)23(32)30(26)22(20)31)28-10-16(17(24)11-28)18(25)12-33-15-5-3-2-4-6-15/h2-6,9,14,16-18H,7-8,10-12,25-26H2,1H3. The molecule has 5 rings (SSSR count). The lowest BCUT2D eigenvalue weighted by atomic mass is 9.99. The molecule has 3 unspecified atom stereocenters. The van der Waals surface area contributed by atoms with Gasteiger partial charge < -0.3 is 21.2 Å². The topological polar surface area (TPSA) is 121 Å². The molecule has 10 heteroatoms. The highest BCUT2D eigenvalue weighted by molar-refractivity contribution is 5.83. The van der Waals surface area contributed by atoms with Gasteiger partial charge in [0.25, 0.3) is 0 Å². The van der Waals surface area contributed by atoms with E-state index in [2.05, 4.69) is 4.98 Å². The number of pyridine rings is 1. The molecule has 1 aliphatic heterocycles. The molecular weight excluding hydrogens is 427 g/mol. The number of alkyl halides is 1. The van der Waals surface area contributed by atoms with Crippen molar-refractivity contribution in [1.82, 2.24) is 14.2 Å². The van der Waals surface area contributed by atoms with Gasteiger partial charge in [-0.3, -0.25) is 9.36 Å². The van der Waals surface area contributed by atoms with Crippen molar-refractivity contribution in [3.63, 3.8) is 0 Å². The van der Waals surface area contributed by atoms with Gasteiger partial charge in [0, 0.05) is 36.7 Å². The number of hydrogen-bond acceptors (Lipinski definition) is 7. The molecule has 2 fully saturated rings. The smallest absolute Gasteiger partial charge is 0.350 e. The van der Waals surface area contributed by atoms with Crippen LogP contribution in [-0.4, -0.2) is 46.1 Å².